The van der Waals surface area contributed by atoms with Crippen LogP contribution in [0.15, 0.2) is 24.3 Å². The molecule has 0 aromatic heterocycles. The van der Waals surface area contributed by atoms with Gasteiger partial charge in [-0.3, -0.25) is 14.4 Å². The monoisotopic (exact) mass is 430 g/mol. The van der Waals surface area contributed by atoms with Gasteiger partial charge in [0, 0.05) is 25.2 Å². The minimum Gasteiger partial charge on any atom is -0.350 e. The molecule has 0 aliphatic carbocycles. The Balaban J connectivity index is 1.96. The number of hydrogen-bond acceptors (Lipinski definition) is 5. The first-order valence-corrected chi connectivity index (χ1v) is 10.7. The highest BCUT2D eigenvalue weighted by Gasteiger charge is 2.47. The fourth-order valence-corrected chi connectivity index (χ4v) is 3.80. The van der Waals surface area contributed by atoms with Crippen molar-refractivity contribution in [3.8, 4) is 0 Å². The molecule has 0 radical (unpaired) electrons. The number of amides is 3. The quantitative estimate of drug-likeness (QED) is 0.635. The summed E-state index contributed by atoms with van der Waals surface area (Å²) in [5, 5.41) is 5.67. The van der Waals surface area contributed by atoms with Gasteiger partial charge in [0.2, 0.25) is 27.7 Å². The van der Waals surface area contributed by atoms with Crippen LogP contribution in [-0.2, 0) is 31.0 Å². The van der Waals surface area contributed by atoms with Crippen LogP contribution in [0.4, 0.5) is 0 Å². The van der Waals surface area contributed by atoms with E-state index in [1.54, 1.807) is 24.3 Å². The Hall–Kier alpha value is -2.17. The largest absolute Gasteiger partial charge is 0.350 e. The summed E-state index contributed by atoms with van der Waals surface area (Å²) >= 11 is 5.88. The molecular formula is C17H23ClN4O5S. The molecule has 1 saturated heterocycles. The first-order valence-electron chi connectivity index (χ1n) is 8.45. The van der Waals surface area contributed by atoms with Gasteiger partial charge in [0.15, 0.2) is 0 Å². The number of likely N-dealkylation sites (N-methyl/N-ethyl adjacent to an activating group) is 1. The zero-order chi connectivity index (χ0) is 21.1. The van der Waals surface area contributed by atoms with Crippen molar-refractivity contribution in [1.82, 2.24) is 19.8 Å². The second-order valence-electron chi connectivity index (χ2n) is 6.85. The second kappa shape index (κ2) is 8.46. The lowest BCUT2D eigenvalue weighted by atomic mass is 9.96. The van der Waals surface area contributed by atoms with Crippen LogP contribution in [0.1, 0.15) is 12.5 Å². The van der Waals surface area contributed by atoms with Crippen LogP contribution in [-0.4, -0.2) is 73.8 Å². The maximum absolute atomic E-state index is 12.6. The molecule has 0 saturated carbocycles. The van der Waals surface area contributed by atoms with Gasteiger partial charge in [-0.1, -0.05) is 23.7 Å². The molecule has 2 rings (SSSR count). The summed E-state index contributed by atoms with van der Waals surface area (Å²) in [6.45, 7) is 0.881. The van der Waals surface area contributed by atoms with Gasteiger partial charge in [-0.15, -0.1) is 0 Å². The normalized spacial score (nSPS) is 20.7. The summed E-state index contributed by atoms with van der Waals surface area (Å²) in [6, 6.07) is 6.99. The minimum atomic E-state index is -3.65. The van der Waals surface area contributed by atoms with Crippen LogP contribution >= 0.6 is 11.6 Å². The number of piperazine rings is 1. The van der Waals surface area contributed by atoms with E-state index in [4.69, 9.17) is 11.6 Å². The minimum absolute atomic E-state index is 0.190. The fraction of sp³-hybridized carbons (Fsp3) is 0.471. The molecule has 2 N–H and O–H groups in total. The third kappa shape index (κ3) is 5.21. The highest BCUT2D eigenvalue weighted by atomic mass is 35.5. The number of halogens is 1. The average molecular weight is 431 g/mol. The van der Waals surface area contributed by atoms with Crippen molar-refractivity contribution in [3.05, 3.63) is 34.9 Å². The standard InChI is InChI=1S/C17H23ClN4O5S/c1-17(11-22(28(3,26)27)10-15(24)21(17)2)16(25)20-9-14(23)19-8-12-5-4-6-13(18)7-12/h4-7H,8-11H2,1-3H3,(H,19,23)(H,20,25)/t17-/m1/s1. The van der Waals surface area contributed by atoms with Gasteiger partial charge in [0.25, 0.3) is 0 Å². The Bertz CT molecular complexity index is 891. The lowest BCUT2D eigenvalue weighted by molar-refractivity contribution is -0.150. The summed E-state index contributed by atoms with van der Waals surface area (Å²) in [7, 11) is -2.21. The van der Waals surface area contributed by atoms with Crippen molar-refractivity contribution >= 4 is 39.3 Å². The van der Waals surface area contributed by atoms with Crippen LogP contribution < -0.4 is 10.6 Å². The second-order valence-corrected chi connectivity index (χ2v) is 9.27. The van der Waals surface area contributed by atoms with Crippen LogP contribution in [0.3, 0.4) is 0 Å². The first kappa shape index (κ1) is 22.1. The van der Waals surface area contributed by atoms with Gasteiger partial charge in [-0.05, 0) is 24.6 Å². The van der Waals surface area contributed by atoms with Gasteiger partial charge in [0.1, 0.15) is 5.54 Å². The van der Waals surface area contributed by atoms with E-state index in [-0.39, 0.29) is 26.2 Å². The Labute approximate surface area is 169 Å². The maximum Gasteiger partial charge on any atom is 0.247 e. The first-order chi connectivity index (χ1) is 12.9. The van der Waals surface area contributed by atoms with Crippen molar-refractivity contribution in [1.29, 1.82) is 0 Å². The van der Waals surface area contributed by atoms with Crippen LogP contribution in [0.2, 0.25) is 5.02 Å². The number of nitrogens with zero attached hydrogens (tertiary/aromatic N) is 2. The van der Waals surface area contributed by atoms with Gasteiger partial charge >= 0.3 is 0 Å². The molecule has 1 heterocycles. The molecule has 0 bridgehead atoms. The van der Waals surface area contributed by atoms with Crippen LogP contribution in [0.25, 0.3) is 0 Å². The van der Waals surface area contributed by atoms with Gasteiger partial charge in [-0.25, -0.2) is 8.42 Å². The molecule has 28 heavy (non-hydrogen) atoms. The Kier molecular flexibility index (Phi) is 6.68. The van der Waals surface area contributed by atoms with E-state index in [0.717, 1.165) is 16.1 Å². The molecule has 1 atom stereocenters. The zero-order valence-corrected chi connectivity index (χ0v) is 17.4. The predicted molar refractivity (Wildman–Crippen MR) is 104 cm³/mol. The maximum atomic E-state index is 12.6. The number of nitrogens with one attached hydrogen (secondary N) is 2. The highest BCUT2D eigenvalue weighted by Crippen LogP contribution is 2.22. The van der Waals surface area contributed by atoms with E-state index < -0.39 is 33.3 Å². The van der Waals surface area contributed by atoms with E-state index in [9.17, 15) is 22.8 Å². The van der Waals surface area contributed by atoms with Crippen molar-refractivity contribution in [2.45, 2.75) is 19.0 Å². The molecule has 3 amide bonds. The van der Waals surface area contributed by atoms with Crippen molar-refractivity contribution in [2.75, 3.05) is 32.9 Å². The lowest BCUT2D eigenvalue weighted by Crippen LogP contribution is -2.68. The Morgan fingerprint density at radius 1 is 1.29 bits per heavy atom. The van der Waals surface area contributed by atoms with Gasteiger partial charge in [-0.2, -0.15) is 4.31 Å². The van der Waals surface area contributed by atoms with E-state index in [1.165, 1.54) is 18.9 Å². The molecule has 1 aromatic rings. The molecular weight excluding hydrogens is 408 g/mol. The van der Waals surface area contributed by atoms with Crippen LogP contribution in [0.5, 0.6) is 0 Å². The van der Waals surface area contributed by atoms with E-state index in [1.807, 2.05) is 0 Å². The summed E-state index contributed by atoms with van der Waals surface area (Å²) in [4.78, 5) is 38.0. The zero-order valence-electron chi connectivity index (χ0n) is 15.9. The number of hydrogen-bond donors (Lipinski definition) is 2. The highest BCUT2D eigenvalue weighted by molar-refractivity contribution is 7.88. The Morgan fingerprint density at radius 3 is 2.57 bits per heavy atom. The number of rotatable bonds is 6. The predicted octanol–water partition coefficient (Wildman–Crippen LogP) is -0.435. The average Bonchev–Trinajstić information content (AvgIpc) is 2.61. The van der Waals surface area contributed by atoms with Gasteiger partial charge < -0.3 is 15.5 Å². The molecule has 1 fully saturated rings. The molecule has 0 spiro atoms. The van der Waals surface area contributed by atoms with Crippen LogP contribution in [0, 0.1) is 0 Å². The summed E-state index contributed by atoms with van der Waals surface area (Å²) in [5.74, 6) is -1.55. The smallest absolute Gasteiger partial charge is 0.247 e. The van der Waals surface area contributed by atoms with Crippen molar-refractivity contribution < 1.29 is 22.8 Å². The Morgan fingerprint density at radius 2 is 1.96 bits per heavy atom. The van der Waals surface area contributed by atoms with E-state index in [2.05, 4.69) is 10.6 Å². The SMILES string of the molecule is CN1C(=O)CN(S(C)(=O)=O)C[C@]1(C)C(=O)NCC(=O)NCc1cccc(Cl)c1. The molecule has 154 valence electrons. The molecule has 1 aliphatic heterocycles. The third-order valence-electron chi connectivity index (χ3n) is 4.66. The molecule has 1 aromatic carbocycles. The number of benzene rings is 1. The third-order valence-corrected chi connectivity index (χ3v) is 6.09. The summed E-state index contributed by atoms with van der Waals surface area (Å²) in [6.07, 6.45) is 0.979. The lowest BCUT2D eigenvalue weighted by Gasteiger charge is -2.44. The van der Waals surface area contributed by atoms with E-state index >= 15 is 0 Å². The number of carbonyl (C=O) groups excluding carboxylic acids is 3. The molecule has 9 nitrogen and oxygen atoms in total. The molecule has 0 unspecified atom stereocenters. The summed E-state index contributed by atoms with van der Waals surface area (Å²) < 4.78 is 24.6. The van der Waals surface area contributed by atoms with Crippen molar-refractivity contribution in [3.63, 3.8) is 0 Å². The van der Waals surface area contributed by atoms with Gasteiger partial charge in [0.05, 0.1) is 19.3 Å². The molecule has 11 heteroatoms. The number of sulfonamides is 1. The summed E-state index contributed by atoms with van der Waals surface area (Å²) in [5.41, 5.74) is -0.619. The topological polar surface area (TPSA) is 116 Å². The molecule has 1 aliphatic rings. The van der Waals surface area contributed by atoms with E-state index in [0.29, 0.717) is 5.02 Å². The fourth-order valence-electron chi connectivity index (χ4n) is 2.76. The number of carbonyl (C=O) groups is 3. The van der Waals surface area contributed by atoms with Crippen molar-refractivity contribution in [2.24, 2.45) is 0 Å².